The van der Waals surface area contributed by atoms with Crippen LogP contribution in [0.15, 0.2) is 18.2 Å². The average Bonchev–Trinajstić information content (AvgIpc) is 2.53. The average molecular weight is 268 g/mol. The van der Waals surface area contributed by atoms with Gasteiger partial charge in [0.2, 0.25) is 5.91 Å². The van der Waals surface area contributed by atoms with E-state index in [1.54, 1.807) is 12.1 Å². The van der Waals surface area contributed by atoms with Crippen LogP contribution in [0.3, 0.4) is 0 Å². The number of anilines is 1. The molecule has 1 fully saturated rings. The van der Waals surface area contributed by atoms with Crippen molar-refractivity contribution >= 4 is 29.1 Å². The van der Waals surface area contributed by atoms with Gasteiger partial charge in [0, 0.05) is 23.8 Å². The molecule has 1 aromatic carbocycles. The van der Waals surface area contributed by atoms with Crippen molar-refractivity contribution in [3.8, 4) is 0 Å². The summed E-state index contributed by atoms with van der Waals surface area (Å²) in [7, 11) is 0. The lowest BCUT2D eigenvalue weighted by Gasteiger charge is -2.19. The molecule has 1 aliphatic heterocycles. The second-order valence-corrected chi connectivity index (χ2v) is 4.60. The van der Waals surface area contributed by atoms with Crippen LogP contribution in [0.1, 0.15) is 16.8 Å². The lowest BCUT2D eigenvalue weighted by molar-refractivity contribution is -0.121. The second kappa shape index (κ2) is 5.27. The summed E-state index contributed by atoms with van der Waals surface area (Å²) in [5.74, 6) is -0.380. The van der Waals surface area contributed by atoms with Gasteiger partial charge in [0.1, 0.15) is 0 Å². The van der Waals surface area contributed by atoms with Crippen LogP contribution in [0.2, 0.25) is 5.02 Å². The number of halogens is 1. The minimum atomic E-state index is -0.235. The maximum Gasteiger partial charge on any atom is 0.256 e. The zero-order valence-electron chi connectivity index (χ0n) is 9.78. The van der Waals surface area contributed by atoms with E-state index in [0.717, 1.165) is 6.42 Å². The van der Waals surface area contributed by atoms with Crippen LogP contribution >= 0.6 is 11.6 Å². The molecule has 0 atom stereocenters. The highest BCUT2D eigenvalue weighted by Crippen LogP contribution is 2.19. The SMILES string of the molecule is Nc1cc(Cl)ccc1C(=O)N1CCCNC(=O)C1. The van der Waals surface area contributed by atoms with Crippen molar-refractivity contribution in [2.75, 3.05) is 25.4 Å². The van der Waals surface area contributed by atoms with Crippen LogP contribution in [-0.2, 0) is 4.79 Å². The molecule has 96 valence electrons. The Labute approximate surface area is 110 Å². The summed E-state index contributed by atoms with van der Waals surface area (Å²) < 4.78 is 0. The molecule has 18 heavy (non-hydrogen) atoms. The van der Waals surface area contributed by atoms with Gasteiger partial charge in [0.25, 0.3) is 5.91 Å². The normalized spacial score (nSPS) is 16.1. The van der Waals surface area contributed by atoms with Crippen molar-refractivity contribution in [1.82, 2.24) is 10.2 Å². The molecule has 0 radical (unpaired) electrons. The summed E-state index contributed by atoms with van der Waals surface area (Å²) >= 11 is 5.79. The highest BCUT2D eigenvalue weighted by atomic mass is 35.5. The topological polar surface area (TPSA) is 75.4 Å². The van der Waals surface area contributed by atoms with E-state index in [4.69, 9.17) is 17.3 Å². The Bertz CT molecular complexity index is 490. The highest BCUT2D eigenvalue weighted by Gasteiger charge is 2.22. The Balaban J connectivity index is 2.21. The Kier molecular flexibility index (Phi) is 3.72. The number of nitrogens with one attached hydrogen (secondary N) is 1. The summed E-state index contributed by atoms with van der Waals surface area (Å²) in [6, 6.07) is 4.73. The van der Waals surface area contributed by atoms with E-state index in [1.165, 1.54) is 11.0 Å². The Morgan fingerprint density at radius 3 is 2.94 bits per heavy atom. The van der Waals surface area contributed by atoms with Gasteiger partial charge in [0.15, 0.2) is 0 Å². The second-order valence-electron chi connectivity index (χ2n) is 4.16. The number of hydrogen-bond donors (Lipinski definition) is 2. The van der Waals surface area contributed by atoms with Gasteiger partial charge in [-0.15, -0.1) is 0 Å². The largest absolute Gasteiger partial charge is 0.398 e. The van der Waals surface area contributed by atoms with E-state index in [9.17, 15) is 9.59 Å². The van der Waals surface area contributed by atoms with E-state index in [-0.39, 0.29) is 18.4 Å². The fourth-order valence-corrected chi connectivity index (χ4v) is 2.06. The minimum absolute atomic E-state index is 0.0703. The molecule has 0 unspecified atom stereocenters. The van der Waals surface area contributed by atoms with E-state index >= 15 is 0 Å². The number of carbonyl (C=O) groups is 2. The summed E-state index contributed by atoms with van der Waals surface area (Å²) in [5, 5.41) is 3.20. The van der Waals surface area contributed by atoms with E-state index in [2.05, 4.69) is 5.32 Å². The van der Waals surface area contributed by atoms with Gasteiger partial charge in [-0.25, -0.2) is 0 Å². The third-order valence-electron chi connectivity index (χ3n) is 2.79. The first kappa shape index (κ1) is 12.7. The number of rotatable bonds is 1. The molecule has 0 aliphatic carbocycles. The van der Waals surface area contributed by atoms with Gasteiger partial charge in [-0.05, 0) is 24.6 Å². The van der Waals surface area contributed by atoms with Crippen molar-refractivity contribution in [2.45, 2.75) is 6.42 Å². The molecule has 1 heterocycles. The Morgan fingerprint density at radius 2 is 2.22 bits per heavy atom. The summed E-state index contributed by atoms with van der Waals surface area (Å²) in [6.07, 6.45) is 0.741. The van der Waals surface area contributed by atoms with E-state index in [0.29, 0.717) is 29.4 Å². The molecule has 0 aromatic heterocycles. The molecule has 3 N–H and O–H groups in total. The first-order chi connectivity index (χ1) is 8.58. The van der Waals surface area contributed by atoms with Crippen molar-refractivity contribution in [3.63, 3.8) is 0 Å². The quantitative estimate of drug-likeness (QED) is 0.742. The van der Waals surface area contributed by atoms with Crippen LogP contribution in [0.4, 0.5) is 5.69 Å². The van der Waals surface area contributed by atoms with Crippen LogP contribution in [0, 0.1) is 0 Å². The lowest BCUT2D eigenvalue weighted by Crippen LogP contribution is -2.37. The molecule has 0 saturated carbocycles. The first-order valence-electron chi connectivity index (χ1n) is 5.69. The lowest BCUT2D eigenvalue weighted by atomic mass is 10.1. The molecular formula is C12H14ClN3O2. The molecule has 6 heteroatoms. The van der Waals surface area contributed by atoms with Gasteiger partial charge >= 0.3 is 0 Å². The molecule has 2 rings (SSSR count). The maximum absolute atomic E-state index is 12.3. The molecule has 0 spiro atoms. The minimum Gasteiger partial charge on any atom is -0.398 e. The van der Waals surface area contributed by atoms with Crippen LogP contribution in [0.25, 0.3) is 0 Å². The Hall–Kier alpha value is -1.75. The first-order valence-corrected chi connectivity index (χ1v) is 6.07. The third kappa shape index (κ3) is 2.73. The monoisotopic (exact) mass is 267 g/mol. The number of amides is 2. The molecule has 1 saturated heterocycles. The summed E-state index contributed by atoms with van der Waals surface area (Å²) in [5.41, 5.74) is 6.48. The number of nitrogens with zero attached hydrogens (tertiary/aromatic N) is 1. The number of carbonyl (C=O) groups excluding carboxylic acids is 2. The zero-order valence-corrected chi connectivity index (χ0v) is 10.5. The zero-order chi connectivity index (χ0) is 13.1. The number of hydrogen-bond acceptors (Lipinski definition) is 3. The standard InChI is InChI=1S/C12H14ClN3O2/c13-8-2-3-9(10(14)6-8)12(18)16-5-1-4-15-11(17)7-16/h2-3,6H,1,4-5,7,14H2,(H,15,17). The van der Waals surface area contributed by atoms with Gasteiger partial charge in [-0.1, -0.05) is 11.6 Å². The molecule has 2 amide bonds. The molecule has 0 bridgehead atoms. The number of nitrogen functional groups attached to an aromatic ring is 1. The van der Waals surface area contributed by atoms with Gasteiger partial charge < -0.3 is 16.0 Å². The predicted octanol–water partition coefficient (Wildman–Crippen LogP) is 0.884. The van der Waals surface area contributed by atoms with Gasteiger partial charge in [-0.2, -0.15) is 0 Å². The van der Waals surface area contributed by atoms with Gasteiger partial charge in [-0.3, -0.25) is 9.59 Å². The van der Waals surface area contributed by atoms with Crippen molar-refractivity contribution in [3.05, 3.63) is 28.8 Å². The van der Waals surface area contributed by atoms with Crippen LogP contribution in [-0.4, -0.2) is 36.3 Å². The fourth-order valence-electron chi connectivity index (χ4n) is 1.88. The number of benzene rings is 1. The van der Waals surface area contributed by atoms with Gasteiger partial charge in [0.05, 0.1) is 12.1 Å². The molecular weight excluding hydrogens is 254 g/mol. The maximum atomic E-state index is 12.3. The molecule has 1 aliphatic rings. The van der Waals surface area contributed by atoms with Crippen LogP contribution in [0.5, 0.6) is 0 Å². The van der Waals surface area contributed by atoms with Crippen molar-refractivity contribution in [1.29, 1.82) is 0 Å². The summed E-state index contributed by atoms with van der Waals surface area (Å²) in [4.78, 5) is 25.2. The van der Waals surface area contributed by atoms with E-state index in [1.807, 2.05) is 0 Å². The highest BCUT2D eigenvalue weighted by molar-refractivity contribution is 6.31. The Morgan fingerprint density at radius 1 is 1.44 bits per heavy atom. The van der Waals surface area contributed by atoms with Crippen LogP contribution < -0.4 is 11.1 Å². The third-order valence-corrected chi connectivity index (χ3v) is 3.03. The van der Waals surface area contributed by atoms with Crippen molar-refractivity contribution in [2.24, 2.45) is 0 Å². The van der Waals surface area contributed by atoms with Crippen molar-refractivity contribution < 1.29 is 9.59 Å². The smallest absolute Gasteiger partial charge is 0.256 e. The predicted molar refractivity (Wildman–Crippen MR) is 69.4 cm³/mol. The van der Waals surface area contributed by atoms with E-state index < -0.39 is 0 Å². The number of nitrogens with two attached hydrogens (primary N) is 1. The molecule has 1 aromatic rings. The summed E-state index contributed by atoms with van der Waals surface area (Å²) in [6.45, 7) is 1.21. The molecule has 5 nitrogen and oxygen atoms in total. The fraction of sp³-hybridized carbons (Fsp3) is 0.333.